The SMILES string of the molecule is COC(=O)NCC(=O)N1CCC[C@H]1C(=O)Nc1ccc([C@@H]2CCCN2c2ccc(C(C)(C)CO)cc2)cc1. The normalized spacial score (nSPS) is 19.4. The average Bonchev–Trinajstić information content (AvgIpc) is 3.62. The number of carbonyl (C=O) groups excluding carboxylic acids is 3. The fraction of sp³-hybridized carbons (Fsp3) is 0.483. The third kappa shape index (κ3) is 6.10. The van der Waals surface area contributed by atoms with Crippen molar-refractivity contribution in [3.8, 4) is 0 Å². The van der Waals surface area contributed by atoms with Crippen molar-refractivity contribution in [1.82, 2.24) is 10.2 Å². The Labute approximate surface area is 224 Å². The second-order valence-corrected chi connectivity index (χ2v) is 10.6. The molecule has 2 fully saturated rings. The summed E-state index contributed by atoms with van der Waals surface area (Å²) in [7, 11) is 1.24. The van der Waals surface area contributed by atoms with Crippen molar-refractivity contribution in [3.63, 3.8) is 0 Å². The molecule has 3 amide bonds. The Morgan fingerprint density at radius 3 is 2.34 bits per heavy atom. The number of amides is 3. The van der Waals surface area contributed by atoms with Crippen LogP contribution in [-0.4, -0.2) is 67.3 Å². The molecular weight excluding hydrogens is 484 g/mol. The molecule has 4 rings (SSSR count). The molecule has 38 heavy (non-hydrogen) atoms. The lowest BCUT2D eigenvalue weighted by atomic mass is 9.85. The van der Waals surface area contributed by atoms with Gasteiger partial charge in [0, 0.05) is 29.9 Å². The second-order valence-electron chi connectivity index (χ2n) is 10.6. The van der Waals surface area contributed by atoms with Gasteiger partial charge < -0.3 is 30.3 Å². The summed E-state index contributed by atoms with van der Waals surface area (Å²) in [6.07, 6.45) is 2.79. The third-order valence-corrected chi connectivity index (χ3v) is 7.64. The lowest BCUT2D eigenvalue weighted by Gasteiger charge is -2.29. The zero-order valence-corrected chi connectivity index (χ0v) is 22.4. The number of likely N-dealkylation sites (tertiary alicyclic amines) is 1. The predicted molar refractivity (Wildman–Crippen MR) is 146 cm³/mol. The van der Waals surface area contributed by atoms with Crippen LogP contribution in [-0.2, 0) is 19.7 Å². The monoisotopic (exact) mass is 522 g/mol. The molecule has 2 saturated heterocycles. The number of hydrogen-bond donors (Lipinski definition) is 3. The maximum Gasteiger partial charge on any atom is 0.407 e. The summed E-state index contributed by atoms with van der Waals surface area (Å²) in [5, 5.41) is 15.0. The summed E-state index contributed by atoms with van der Waals surface area (Å²) in [4.78, 5) is 40.7. The molecule has 9 nitrogen and oxygen atoms in total. The maximum atomic E-state index is 13.0. The maximum absolute atomic E-state index is 13.0. The minimum Gasteiger partial charge on any atom is -0.453 e. The van der Waals surface area contributed by atoms with E-state index in [0.717, 1.165) is 37.1 Å². The highest BCUT2D eigenvalue weighted by Gasteiger charge is 2.34. The molecule has 0 spiro atoms. The van der Waals surface area contributed by atoms with E-state index in [1.54, 1.807) is 0 Å². The Morgan fingerprint density at radius 1 is 1.00 bits per heavy atom. The van der Waals surface area contributed by atoms with Gasteiger partial charge in [-0.25, -0.2) is 4.79 Å². The van der Waals surface area contributed by atoms with Crippen molar-refractivity contribution in [2.24, 2.45) is 0 Å². The highest BCUT2D eigenvalue weighted by Crippen LogP contribution is 2.37. The van der Waals surface area contributed by atoms with Gasteiger partial charge in [-0.2, -0.15) is 0 Å². The van der Waals surface area contributed by atoms with Crippen molar-refractivity contribution >= 4 is 29.3 Å². The molecule has 0 saturated carbocycles. The van der Waals surface area contributed by atoms with Crippen molar-refractivity contribution in [2.75, 3.05) is 43.6 Å². The van der Waals surface area contributed by atoms with Gasteiger partial charge in [0.25, 0.3) is 0 Å². The third-order valence-electron chi connectivity index (χ3n) is 7.64. The van der Waals surface area contributed by atoms with Crippen LogP contribution in [0.1, 0.15) is 56.7 Å². The number of ether oxygens (including phenoxy) is 1. The van der Waals surface area contributed by atoms with E-state index in [1.165, 1.54) is 17.6 Å². The van der Waals surface area contributed by atoms with Crippen LogP contribution in [0.5, 0.6) is 0 Å². The van der Waals surface area contributed by atoms with E-state index in [2.05, 4.69) is 56.7 Å². The zero-order valence-electron chi connectivity index (χ0n) is 22.4. The van der Waals surface area contributed by atoms with E-state index in [0.29, 0.717) is 18.7 Å². The summed E-state index contributed by atoms with van der Waals surface area (Å²) in [5.41, 5.74) is 3.88. The van der Waals surface area contributed by atoms with E-state index in [4.69, 9.17) is 0 Å². The molecule has 2 heterocycles. The van der Waals surface area contributed by atoms with E-state index in [9.17, 15) is 19.5 Å². The Bertz CT molecular complexity index is 1130. The van der Waals surface area contributed by atoms with Crippen molar-refractivity contribution < 1.29 is 24.2 Å². The van der Waals surface area contributed by atoms with Crippen LogP contribution in [0.4, 0.5) is 16.2 Å². The first-order valence-electron chi connectivity index (χ1n) is 13.2. The Kier molecular flexibility index (Phi) is 8.56. The first kappa shape index (κ1) is 27.4. The summed E-state index contributed by atoms with van der Waals surface area (Å²) >= 11 is 0. The first-order chi connectivity index (χ1) is 18.2. The fourth-order valence-electron chi connectivity index (χ4n) is 5.29. The molecule has 0 aromatic heterocycles. The van der Waals surface area contributed by atoms with Gasteiger partial charge in [0.2, 0.25) is 11.8 Å². The molecule has 204 valence electrons. The molecule has 0 unspecified atom stereocenters. The number of rotatable bonds is 8. The lowest BCUT2D eigenvalue weighted by Crippen LogP contribution is -2.47. The van der Waals surface area contributed by atoms with Crippen LogP contribution < -0.4 is 15.5 Å². The van der Waals surface area contributed by atoms with Gasteiger partial charge in [0.15, 0.2) is 0 Å². The molecule has 2 aromatic rings. The number of anilines is 2. The number of benzene rings is 2. The number of nitrogens with zero attached hydrogens (tertiary/aromatic N) is 2. The van der Waals surface area contributed by atoms with E-state index >= 15 is 0 Å². The fourth-order valence-corrected chi connectivity index (χ4v) is 5.29. The van der Waals surface area contributed by atoms with Crippen LogP contribution in [0.2, 0.25) is 0 Å². The van der Waals surface area contributed by atoms with Crippen LogP contribution in [0.25, 0.3) is 0 Å². The summed E-state index contributed by atoms with van der Waals surface area (Å²) in [6.45, 7) is 5.42. The first-order valence-corrected chi connectivity index (χ1v) is 13.2. The van der Waals surface area contributed by atoms with E-state index in [-0.39, 0.29) is 36.4 Å². The zero-order chi connectivity index (χ0) is 27.3. The number of hydrogen-bond acceptors (Lipinski definition) is 6. The lowest BCUT2D eigenvalue weighted by molar-refractivity contribution is -0.135. The van der Waals surface area contributed by atoms with Crippen LogP contribution in [0, 0.1) is 0 Å². The molecule has 0 radical (unpaired) electrons. The highest BCUT2D eigenvalue weighted by molar-refractivity contribution is 5.98. The summed E-state index contributed by atoms with van der Waals surface area (Å²) < 4.78 is 4.50. The average molecular weight is 523 g/mol. The van der Waals surface area contributed by atoms with Crippen LogP contribution in [0.15, 0.2) is 48.5 Å². The molecule has 0 aliphatic carbocycles. The minimum atomic E-state index is -0.679. The molecule has 9 heteroatoms. The quantitative estimate of drug-likeness (QED) is 0.489. The van der Waals surface area contributed by atoms with E-state index in [1.807, 2.05) is 26.0 Å². The van der Waals surface area contributed by atoms with Gasteiger partial charge >= 0.3 is 6.09 Å². The highest BCUT2D eigenvalue weighted by atomic mass is 16.5. The summed E-state index contributed by atoms with van der Waals surface area (Å²) in [5.74, 6) is -0.535. The van der Waals surface area contributed by atoms with Gasteiger partial charge in [-0.05, 0) is 61.1 Å². The molecule has 2 atom stereocenters. The van der Waals surface area contributed by atoms with E-state index < -0.39 is 12.1 Å². The standard InChI is InChI=1S/C29H38N4O5/c1-29(2,19-34)21-10-14-23(15-11-21)32-16-4-6-24(32)20-8-12-22(13-9-20)31-27(36)25-7-5-17-33(25)26(35)18-30-28(37)38-3/h8-15,24-25,34H,4-7,16-19H2,1-3H3,(H,30,37)(H,31,36)/t24-,25-/m0/s1. The minimum absolute atomic E-state index is 0.100. The van der Waals surface area contributed by atoms with Gasteiger partial charge in [0.1, 0.15) is 12.6 Å². The van der Waals surface area contributed by atoms with Crippen molar-refractivity contribution in [1.29, 1.82) is 0 Å². The number of methoxy groups -OCH3 is 1. The van der Waals surface area contributed by atoms with Gasteiger partial charge in [-0.3, -0.25) is 9.59 Å². The topological polar surface area (TPSA) is 111 Å². The largest absolute Gasteiger partial charge is 0.453 e. The van der Waals surface area contributed by atoms with Crippen molar-refractivity contribution in [3.05, 3.63) is 59.7 Å². The Morgan fingerprint density at radius 2 is 1.68 bits per heavy atom. The van der Waals surface area contributed by atoms with Crippen LogP contribution >= 0.6 is 0 Å². The summed E-state index contributed by atoms with van der Waals surface area (Å²) in [6, 6.07) is 16.1. The van der Waals surface area contributed by atoms with Crippen molar-refractivity contribution in [2.45, 2.75) is 57.0 Å². The molecule has 2 aliphatic rings. The molecule has 3 N–H and O–H groups in total. The number of carbonyl (C=O) groups is 3. The number of alkyl carbamates (subject to hydrolysis) is 1. The smallest absolute Gasteiger partial charge is 0.407 e. The molecule has 2 aliphatic heterocycles. The number of aliphatic hydroxyl groups is 1. The number of aliphatic hydroxyl groups excluding tert-OH is 1. The van der Waals surface area contributed by atoms with Gasteiger partial charge in [0.05, 0.1) is 19.8 Å². The number of nitrogens with one attached hydrogen (secondary N) is 2. The molecule has 0 bridgehead atoms. The molecular formula is C29H38N4O5. The Balaban J connectivity index is 1.38. The second kappa shape index (κ2) is 11.9. The van der Waals surface area contributed by atoms with Gasteiger partial charge in [-0.15, -0.1) is 0 Å². The van der Waals surface area contributed by atoms with Crippen LogP contribution in [0.3, 0.4) is 0 Å². The Hall–Kier alpha value is -3.59. The molecule has 2 aromatic carbocycles. The predicted octanol–water partition coefficient (Wildman–Crippen LogP) is 3.58. The van der Waals surface area contributed by atoms with Gasteiger partial charge in [-0.1, -0.05) is 38.1 Å².